The van der Waals surface area contributed by atoms with Crippen LogP contribution in [0.3, 0.4) is 0 Å². The Morgan fingerprint density at radius 1 is 1.26 bits per heavy atom. The van der Waals surface area contributed by atoms with Crippen LogP contribution < -0.4 is 0 Å². The Labute approximate surface area is 165 Å². The van der Waals surface area contributed by atoms with Crippen LogP contribution in [0.5, 0.6) is 0 Å². The van der Waals surface area contributed by atoms with E-state index in [0.29, 0.717) is 12.5 Å². The number of nitrogens with zero attached hydrogens (tertiary/aromatic N) is 3. The fraction of sp³-hybridized carbons (Fsp3) is 0.524. The molecule has 144 valence electrons. The molecule has 2 aliphatic heterocycles. The molecule has 27 heavy (non-hydrogen) atoms. The lowest BCUT2D eigenvalue weighted by molar-refractivity contribution is -0.00106. The largest absolute Gasteiger partial charge is 0.441 e. The highest BCUT2D eigenvalue weighted by molar-refractivity contribution is 7.09. The molecule has 2 saturated heterocycles. The number of piperidine rings is 1. The second-order valence-electron chi connectivity index (χ2n) is 7.88. The van der Waals surface area contributed by atoms with E-state index >= 15 is 0 Å². The number of likely N-dealkylation sites (tertiary alicyclic amines) is 1. The maximum absolute atomic E-state index is 12.5. The van der Waals surface area contributed by atoms with Gasteiger partial charge in [0.15, 0.2) is 0 Å². The maximum atomic E-state index is 12.5. The van der Waals surface area contributed by atoms with Crippen LogP contribution in [0.2, 0.25) is 0 Å². The summed E-state index contributed by atoms with van der Waals surface area (Å²) in [6.07, 6.45) is 1.67. The fourth-order valence-electron chi connectivity index (χ4n) is 4.11. The molecule has 0 radical (unpaired) electrons. The quantitative estimate of drug-likeness (QED) is 0.779. The van der Waals surface area contributed by atoms with Crippen LogP contribution in [0.4, 0.5) is 4.79 Å². The van der Waals surface area contributed by atoms with Crippen molar-refractivity contribution >= 4 is 17.4 Å². The van der Waals surface area contributed by atoms with Crippen molar-refractivity contribution in [3.63, 3.8) is 0 Å². The molecule has 4 rings (SSSR count). The molecule has 1 aromatic carbocycles. The highest BCUT2D eigenvalue weighted by atomic mass is 32.1. The number of aryl methyl sites for hydroxylation is 1. The van der Waals surface area contributed by atoms with Crippen molar-refractivity contribution in [3.05, 3.63) is 52.0 Å². The van der Waals surface area contributed by atoms with Crippen LogP contribution in [0, 0.1) is 6.92 Å². The number of hydrogen-bond acceptors (Lipinski definition) is 5. The normalized spacial score (nSPS) is 20.8. The number of benzene rings is 1. The Bertz CT molecular complexity index is 784. The van der Waals surface area contributed by atoms with Crippen LogP contribution in [0.1, 0.15) is 41.8 Å². The maximum Gasteiger partial charge on any atom is 0.410 e. The Hall–Kier alpha value is -1.92. The molecule has 2 aliphatic rings. The van der Waals surface area contributed by atoms with Gasteiger partial charge in [-0.05, 0) is 18.4 Å². The van der Waals surface area contributed by atoms with E-state index in [2.05, 4.69) is 48.0 Å². The zero-order chi connectivity index (χ0) is 18.9. The van der Waals surface area contributed by atoms with Crippen molar-refractivity contribution in [2.45, 2.75) is 44.8 Å². The molecule has 0 N–H and O–H groups in total. The van der Waals surface area contributed by atoms with Gasteiger partial charge in [-0.25, -0.2) is 9.78 Å². The molecular formula is C21H27N3O2S. The van der Waals surface area contributed by atoms with Gasteiger partial charge in [-0.1, -0.05) is 37.3 Å². The molecule has 1 aromatic heterocycles. The minimum absolute atomic E-state index is 0.149. The SMILES string of the molecule is Cc1ncsc1CN1CCC2(CC1)CN(C[C@H](C)c1ccccc1)C(=O)O2. The van der Waals surface area contributed by atoms with Gasteiger partial charge >= 0.3 is 6.09 Å². The molecule has 5 nitrogen and oxygen atoms in total. The number of thiazole rings is 1. The van der Waals surface area contributed by atoms with Gasteiger partial charge in [0.1, 0.15) is 5.60 Å². The van der Waals surface area contributed by atoms with E-state index in [1.54, 1.807) is 11.3 Å². The Balaban J connectivity index is 1.33. The first-order valence-corrected chi connectivity index (χ1v) is 10.6. The van der Waals surface area contributed by atoms with E-state index in [-0.39, 0.29) is 11.7 Å². The van der Waals surface area contributed by atoms with E-state index < -0.39 is 0 Å². The Morgan fingerprint density at radius 2 is 2.00 bits per heavy atom. The summed E-state index contributed by atoms with van der Waals surface area (Å²) in [5.74, 6) is 0.309. The predicted octanol–water partition coefficient (Wildman–Crippen LogP) is 4.04. The topological polar surface area (TPSA) is 45.7 Å². The van der Waals surface area contributed by atoms with Gasteiger partial charge in [0.25, 0.3) is 0 Å². The molecule has 0 aliphatic carbocycles. The van der Waals surface area contributed by atoms with Gasteiger partial charge in [-0.3, -0.25) is 4.90 Å². The summed E-state index contributed by atoms with van der Waals surface area (Å²) in [5.41, 5.74) is 4.02. The van der Waals surface area contributed by atoms with Crippen molar-refractivity contribution < 1.29 is 9.53 Å². The lowest BCUT2D eigenvalue weighted by Gasteiger charge is -2.37. The number of amides is 1. The van der Waals surface area contributed by atoms with Crippen molar-refractivity contribution in [2.24, 2.45) is 0 Å². The van der Waals surface area contributed by atoms with Gasteiger partial charge in [0.05, 0.1) is 17.7 Å². The molecule has 2 fully saturated rings. The molecule has 1 atom stereocenters. The third kappa shape index (κ3) is 4.01. The number of hydrogen-bond donors (Lipinski definition) is 0. The summed E-state index contributed by atoms with van der Waals surface area (Å²) < 4.78 is 5.90. The molecule has 1 spiro atoms. The number of rotatable bonds is 5. The zero-order valence-corrected chi connectivity index (χ0v) is 16.9. The van der Waals surface area contributed by atoms with E-state index in [1.165, 1.54) is 10.4 Å². The number of carbonyl (C=O) groups excluding carboxylic acids is 1. The number of carbonyl (C=O) groups is 1. The molecule has 0 bridgehead atoms. The van der Waals surface area contributed by atoms with Gasteiger partial charge in [0, 0.05) is 43.9 Å². The van der Waals surface area contributed by atoms with Crippen molar-refractivity contribution in [2.75, 3.05) is 26.2 Å². The third-order valence-corrected chi connectivity index (χ3v) is 6.80. The van der Waals surface area contributed by atoms with E-state index in [0.717, 1.165) is 44.7 Å². The summed E-state index contributed by atoms with van der Waals surface area (Å²) >= 11 is 1.73. The Kier molecular flexibility index (Phi) is 5.19. The van der Waals surface area contributed by atoms with Gasteiger partial charge in [-0.15, -0.1) is 11.3 Å². The average molecular weight is 386 g/mol. The Morgan fingerprint density at radius 3 is 2.67 bits per heavy atom. The lowest BCUT2D eigenvalue weighted by Crippen LogP contribution is -2.46. The highest BCUT2D eigenvalue weighted by Crippen LogP contribution is 2.35. The standard InChI is InChI=1S/C21H27N3O2S/c1-16(18-6-4-3-5-7-18)12-24-14-21(26-20(24)25)8-10-23(11-9-21)13-19-17(2)22-15-27-19/h3-7,15-16H,8-14H2,1-2H3/t16-/m0/s1. The first-order valence-electron chi connectivity index (χ1n) is 9.69. The van der Waals surface area contributed by atoms with Crippen LogP contribution in [0.15, 0.2) is 35.8 Å². The van der Waals surface area contributed by atoms with Crippen molar-refractivity contribution in [1.29, 1.82) is 0 Å². The third-order valence-electron chi connectivity index (χ3n) is 5.88. The van der Waals surface area contributed by atoms with E-state index in [1.807, 2.05) is 16.5 Å². The van der Waals surface area contributed by atoms with Crippen molar-refractivity contribution in [1.82, 2.24) is 14.8 Å². The van der Waals surface area contributed by atoms with Crippen LogP contribution in [-0.4, -0.2) is 52.7 Å². The molecular weight excluding hydrogens is 358 g/mol. The number of aromatic nitrogens is 1. The molecule has 0 unspecified atom stereocenters. The first-order chi connectivity index (χ1) is 13.0. The van der Waals surface area contributed by atoms with Gasteiger partial charge < -0.3 is 9.64 Å². The second kappa shape index (κ2) is 7.60. The predicted molar refractivity (Wildman–Crippen MR) is 107 cm³/mol. The summed E-state index contributed by atoms with van der Waals surface area (Å²) in [5, 5.41) is 0. The van der Waals surface area contributed by atoms with Crippen LogP contribution in [-0.2, 0) is 11.3 Å². The minimum atomic E-state index is -0.299. The summed E-state index contributed by atoms with van der Waals surface area (Å²) in [6, 6.07) is 10.4. The van der Waals surface area contributed by atoms with Crippen LogP contribution >= 0.6 is 11.3 Å². The number of ether oxygens (including phenoxy) is 1. The summed E-state index contributed by atoms with van der Waals surface area (Å²) in [6.45, 7) is 8.56. The molecule has 3 heterocycles. The monoisotopic (exact) mass is 385 g/mol. The second-order valence-corrected chi connectivity index (χ2v) is 8.82. The highest BCUT2D eigenvalue weighted by Gasteiger charge is 2.47. The first kappa shape index (κ1) is 18.4. The van der Waals surface area contributed by atoms with Crippen molar-refractivity contribution in [3.8, 4) is 0 Å². The van der Waals surface area contributed by atoms with E-state index in [4.69, 9.17) is 4.74 Å². The van der Waals surface area contributed by atoms with Gasteiger partial charge in [0.2, 0.25) is 0 Å². The lowest BCUT2D eigenvalue weighted by atomic mass is 9.91. The molecule has 0 saturated carbocycles. The molecule has 1 amide bonds. The van der Waals surface area contributed by atoms with E-state index in [9.17, 15) is 4.79 Å². The summed E-state index contributed by atoms with van der Waals surface area (Å²) in [4.78, 5) is 22.5. The van der Waals surface area contributed by atoms with Gasteiger partial charge in [-0.2, -0.15) is 0 Å². The average Bonchev–Trinajstić information content (AvgIpc) is 3.21. The molecule has 6 heteroatoms. The molecule has 2 aromatic rings. The fourth-order valence-corrected chi connectivity index (χ4v) is 4.93. The smallest absolute Gasteiger partial charge is 0.410 e. The zero-order valence-electron chi connectivity index (χ0n) is 16.1. The minimum Gasteiger partial charge on any atom is -0.441 e. The summed E-state index contributed by atoms with van der Waals surface area (Å²) in [7, 11) is 0. The van der Waals surface area contributed by atoms with Crippen LogP contribution in [0.25, 0.3) is 0 Å².